The van der Waals surface area contributed by atoms with Crippen molar-refractivity contribution in [2.45, 2.75) is 26.8 Å². The topological polar surface area (TPSA) is 82.4 Å². The Kier molecular flexibility index (Phi) is 8.71. The third kappa shape index (κ3) is 5.54. The largest absolute Gasteiger partial charge is 0.493 e. The number of benzene rings is 2. The summed E-state index contributed by atoms with van der Waals surface area (Å²) in [5.74, 6) is 0.467. The van der Waals surface area contributed by atoms with Crippen molar-refractivity contribution in [1.82, 2.24) is 4.57 Å². The monoisotopic (exact) mass is 547 g/mol. The molecule has 0 N–H and O–H groups in total. The zero-order valence-corrected chi connectivity index (χ0v) is 23.7. The first-order valence-electron chi connectivity index (χ1n) is 12.7. The van der Waals surface area contributed by atoms with Gasteiger partial charge in [-0.3, -0.25) is 9.36 Å². The van der Waals surface area contributed by atoms with Crippen LogP contribution in [0.25, 0.3) is 6.08 Å². The molecule has 0 aliphatic carbocycles. The van der Waals surface area contributed by atoms with E-state index in [1.165, 1.54) is 17.4 Å². The summed E-state index contributed by atoms with van der Waals surface area (Å²) in [6.45, 7) is 11.5. The summed E-state index contributed by atoms with van der Waals surface area (Å²) in [5, 5.41) is 0. The SMILES string of the molecule is C=CCOC(=O)C1=C(C)N=c2s/c(=C/c3ccc(N(CC)CC)cc3)c(=O)n2[C@H]1c1ccc(OC)c(OC)c1. The number of thiazole rings is 1. The first kappa shape index (κ1) is 27.9. The molecule has 0 spiro atoms. The fourth-order valence-electron chi connectivity index (χ4n) is 4.65. The fourth-order valence-corrected chi connectivity index (χ4v) is 5.70. The third-order valence-corrected chi connectivity index (χ3v) is 7.60. The predicted molar refractivity (Wildman–Crippen MR) is 154 cm³/mol. The van der Waals surface area contributed by atoms with Crippen LogP contribution in [-0.2, 0) is 9.53 Å². The number of methoxy groups -OCH3 is 2. The number of anilines is 1. The van der Waals surface area contributed by atoms with E-state index in [1.807, 2.05) is 24.3 Å². The summed E-state index contributed by atoms with van der Waals surface area (Å²) >= 11 is 1.29. The van der Waals surface area contributed by atoms with E-state index in [4.69, 9.17) is 14.2 Å². The minimum Gasteiger partial charge on any atom is -0.493 e. The molecule has 2 aromatic carbocycles. The molecule has 1 atom stereocenters. The summed E-state index contributed by atoms with van der Waals surface area (Å²) in [7, 11) is 3.09. The number of aromatic nitrogens is 1. The van der Waals surface area contributed by atoms with Gasteiger partial charge in [-0.05, 0) is 62.2 Å². The van der Waals surface area contributed by atoms with E-state index in [0.29, 0.717) is 32.1 Å². The molecule has 0 unspecified atom stereocenters. The van der Waals surface area contributed by atoms with Crippen LogP contribution in [0.5, 0.6) is 11.5 Å². The second kappa shape index (κ2) is 12.2. The van der Waals surface area contributed by atoms with E-state index in [-0.39, 0.29) is 17.7 Å². The molecule has 0 bridgehead atoms. The van der Waals surface area contributed by atoms with Crippen LogP contribution < -0.4 is 29.3 Å². The van der Waals surface area contributed by atoms with Crippen LogP contribution in [-0.4, -0.2) is 44.5 Å². The number of hydrogen-bond acceptors (Lipinski definition) is 8. The van der Waals surface area contributed by atoms with Gasteiger partial charge in [-0.1, -0.05) is 42.2 Å². The van der Waals surface area contributed by atoms with Gasteiger partial charge in [0, 0.05) is 18.8 Å². The van der Waals surface area contributed by atoms with Crippen molar-refractivity contribution in [2.24, 2.45) is 4.99 Å². The molecule has 0 saturated heterocycles. The zero-order valence-electron chi connectivity index (χ0n) is 22.9. The van der Waals surface area contributed by atoms with E-state index >= 15 is 0 Å². The Morgan fingerprint density at radius 2 is 1.79 bits per heavy atom. The van der Waals surface area contributed by atoms with E-state index in [1.54, 1.807) is 37.8 Å². The predicted octanol–water partition coefficient (Wildman–Crippen LogP) is 3.83. The molecule has 39 heavy (non-hydrogen) atoms. The number of hydrogen-bond donors (Lipinski definition) is 0. The van der Waals surface area contributed by atoms with Gasteiger partial charge in [0.1, 0.15) is 6.61 Å². The summed E-state index contributed by atoms with van der Waals surface area (Å²) in [5.41, 5.74) is 3.23. The molecule has 1 aromatic heterocycles. The van der Waals surface area contributed by atoms with Crippen LogP contribution in [0.1, 0.15) is 37.9 Å². The van der Waals surface area contributed by atoms with Gasteiger partial charge in [0.25, 0.3) is 5.56 Å². The minimum atomic E-state index is -0.759. The summed E-state index contributed by atoms with van der Waals surface area (Å²) in [4.78, 5) is 34.5. The van der Waals surface area contributed by atoms with Gasteiger partial charge in [0.2, 0.25) is 0 Å². The molecule has 0 radical (unpaired) electrons. The highest BCUT2D eigenvalue weighted by Gasteiger charge is 2.34. The normalized spacial score (nSPS) is 14.9. The molecule has 0 fully saturated rings. The molecule has 8 nitrogen and oxygen atoms in total. The van der Waals surface area contributed by atoms with Crippen molar-refractivity contribution < 1.29 is 19.0 Å². The van der Waals surface area contributed by atoms with Crippen LogP contribution in [0.2, 0.25) is 0 Å². The number of rotatable bonds is 10. The summed E-state index contributed by atoms with van der Waals surface area (Å²) < 4.78 is 18.4. The van der Waals surface area contributed by atoms with Crippen LogP contribution in [0, 0.1) is 0 Å². The zero-order chi connectivity index (χ0) is 28.1. The van der Waals surface area contributed by atoms with Gasteiger partial charge in [-0.25, -0.2) is 9.79 Å². The quantitative estimate of drug-likeness (QED) is 0.284. The molecule has 2 heterocycles. The van der Waals surface area contributed by atoms with Gasteiger partial charge in [0.15, 0.2) is 16.3 Å². The maximum Gasteiger partial charge on any atom is 0.338 e. The molecule has 0 amide bonds. The number of esters is 1. The van der Waals surface area contributed by atoms with Crippen molar-refractivity contribution in [3.8, 4) is 11.5 Å². The van der Waals surface area contributed by atoms with Gasteiger partial charge < -0.3 is 19.1 Å². The smallest absolute Gasteiger partial charge is 0.338 e. The van der Waals surface area contributed by atoms with E-state index in [2.05, 4.69) is 42.5 Å². The Morgan fingerprint density at radius 3 is 2.41 bits per heavy atom. The molecule has 1 aliphatic rings. The van der Waals surface area contributed by atoms with Crippen LogP contribution in [0.15, 0.2) is 76.2 Å². The lowest BCUT2D eigenvalue weighted by atomic mass is 9.95. The molecular formula is C30H33N3O5S. The number of fused-ring (bicyclic) bond motifs is 1. The summed E-state index contributed by atoms with van der Waals surface area (Å²) in [6, 6.07) is 12.7. The lowest BCUT2D eigenvalue weighted by Gasteiger charge is -2.25. The van der Waals surface area contributed by atoms with Crippen LogP contribution >= 0.6 is 11.3 Å². The fraction of sp³-hybridized carbons (Fsp3) is 0.300. The van der Waals surface area contributed by atoms with E-state index in [0.717, 1.165) is 24.3 Å². The highest BCUT2D eigenvalue weighted by atomic mass is 32.1. The second-order valence-electron chi connectivity index (χ2n) is 8.85. The van der Waals surface area contributed by atoms with Crippen LogP contribution in [0.4, 0.5) is 5.69 Å². The first-order valence-corrected chi connectivity index (χ1v) is 13.6. The molecule has 1 aliphatic heterocycles. The standard InChI is InChI=1S/C30H33N3O5S/c1-7-16-38-29(35)26-19(4)31-30-33(27(26)21-12-15-23(36-5)24(18-21)37-6)28(34)25(39-30)17-20-10-13-22(14-11-20)32(8-2)9-3/h7,10-15,17-18,27H,1,8-9,16H2,2-6H3/b25-17+/t27-/m0/s1. The highest BCUT2D eigenvalue weighted by Crippen LogP contribution is 2.36. The highest BCUT2D eigenvalue weighted by molar-refractivity contribution is 7.07. The summed E-state index contributed by atoms with van der Waals surface area (Å²) in [6.07, 6.45) is 3.36. The van der Waals surface area contributed by atoms with Crippen molar-refractivity contribution >= 4 is 29.1 Å². The number of carbonyl (C=O) groups excluding carboxylic acids is 1. The average molecular weight is 548 g/mol. The van der Waals surface area contributed by atoms with Gasteiger partial charge in [0.05, 0.1) is 36.1 Å². The molecule has 204 valence electrons. The lowest BCUT2D eigenvalue weighted by molar-refractivity contribution is -0.138. The van der Waals surface area contributed by atoms with Crippen molar-refractivity contribution in [3.63, 3.8) is 0 Å². The Bertz CT molecular complexity index is 1580. The van der Waals surface area contributed by atoms with Gasteiger partial charge in [-0.2, -0.15) is 0 Å². The Morgan fingerprint density at radius 1 is 1.10 bits per heavy atom. The van der Waals surface area contributed by atoms with Crippen molar-refractivity contribution in [1.29, 1.82) is 0 Å². The van der Waals surface area contributed by atoms with Crippen molar-refractivity contribution in [2.75, 3.05) is 38.8 Å². The number of carbonyl (C=O) groups is 1. The van der Waals surface area contributed by atoms with Gasteiger partial charge in [-0.15, -0.1) is 0 Å². The average Bonchev–Trinajstić information content (AvgIpc) is 3.25. The van der Waals surface area contributed by atoms with E-state index < -0.39 is 12.0 Å². The second-order valence-corrected chi connectivity index (χ2v) is 9.86. The molecular weight excluding hydrogens is 514 g/mol. The van der Waals surface area contributed by atoms with E-state index in [9.17, 15) is 9.59 Å². The molecule has 4 rings (SSSR count). The number of nitrogens with zero attached hydrogens (tertiary/aromatic N) is 3. The third-order valence-electron chi connectivity index (χ3n) is 6.62. The minimum absolute atomic E-state index is 0.0438. The Hall–Kier alpha value is -4.11. The lowest BCUT2D eigenvalue weighted by Crippen LogP contribution is -2.40. The molecule has 0 saturated carbocycles. The molecule has 3 aromatic rings. The number of ether oxygens (including phenoxy) is 3. The van der Waals surface area contributed by atoms with Crippen LogP contribution in [0.3, 0.4) is 0 Å². The maximum atomic E-state index is 13.9. The maximum absolute atomic E-state index is 13.9. The Balaban J connectivity index is 1.88. The first-order chi connectivity index (χ1) is 18.9. The van der Waals surface area contributed by atoms with Crippen molar-refractivity contribution in [3.05, 3.63) is 97.2 Å². The van der Waals surface area contributed by atoms with Gasteiger partial charge >= 0.3 is 5.97 Å². The Labute approximate surface area is 231 Å². The number of allylic oxidation sites excluding steroid dienone is 1. The molecule has 9 heteroatoms.